The molecule has 4 heteroatoms. The topological polar surface area (TPSA) is 46.2 Å². The average molecular weight is 255 g/mol. The van der Waals surface area contributed by atoms with Crippen LogP contribution >= 0.6 is 0 Å². The van der Waals surface area contributed by atoms with Crippen molar-refractivity contribution < 1.29 is 8.42 Å². The first-order valence-corrected chi connectivity index (χ1v) is 7.77. The van der Waals surface area contributed by atoms with Crippen LogP contribution < -0.4 is 5.32 Å². The molecule has 1 aromatic rings. The number of sulfone groups is 1. The van der Waals surface area contributed by atoms with Crippen LogP contribution in [0.1, 0.15) is 25.3 Å². The van der Waals surface area contributed by atoms with E-state index < -0.39 is 9.84 Å². The molecular formula is C13H21NO2S. The van der Waals surface area contributed by atoms with Crippen LogP contribution in [-0.4, -0.2) is 27.3 Å². The quantitative estimate of drug-likeness (QED) is 0.810. The Hall–Kier alpha value is -0.870. The van der Waals surface area contributed by atoms with Crippen molar-refractivity contribution in [3.63, 3.8) is 0 Å². The van der Waals surface area contributed by atoms with Crippen LogP contribution in [0.25, 0.3) is 0 Å². The maximum Gasteiger partial charge on any atom is 0.154 e. The lowest BCUT2D eigenvalue weighted by atomic mass is 10.2. The van der Waals surface area contributed by atoms with Crippen LogP contribution in [0.5, 0.6) is 0 Å². The zero-order chi connectivity index (χ0) is 12.7. The van der Waals surface area contributed by atoms with E-state index in [1.165, 1.54) is 0 Å². The van der Waals surface area contributed by atoms with E-state index in [1.54, 1.807) is 0 Å². The van der Waals surface area contributed by atoms with E-state index >= 15 is 0 Å². The summed E-state index contributed by atoms with van der Waals surface area (Å²) in [6, 6.07) is 9.72. The van der Waals surface area contributed by atoms with Gasteiger partial charge in [-0.25, -0.2) is 8.42 Å². The Balaban J connectivity index is 2.42. The van der Waals surface area contributed by atoms with Crippen LogP contribution in [-0.2, 0) is 15.6 Å². The van der Waals surface area contributed by atoms with Gasteiger partial charge in [0.15, 0.2) is 9.84 Å². The van der Waals surface area contributed by atoms with E-state index in [4.69, 9.17) is 0 Å². The number of nitrogens with one attached hydrogen (secondary N) is 1. The highest BCUT2D eigenvalue weighted by Gasteiger charge is 2.12. The largest absolute Gasteiger partial charge is 0.317 e. The third-order valence-corrected chi connectivity index (χ3v) is 4.50. The Kier molecular flexibility index (Phi) is 5.65. The van der Waals surface area contributed by atoms with Crippen molar-refractivity contribution in [2.24, 2.45) is 0 Å². The molecule has 1 atom stereocenters. The minimum Gasteiger partial charge on any atom is -0.317 e. The molecule has 96 valence electrons. The predicted octanol–water partition coefficient (Wildman–Crippen LogP) is 1.99. The summed E-state index contributed by atoms with van der Waals surface area (Å²) >= 11 is 0. The Morgan fingerprint density at radius 2 is 1.88 bits per heavy atom. The lowest BCUT2D eigenvalue weighted by molar-refractivity contribution is 0.548. The molecule has 0 heterocycles. The number of hydrogen-bond donors (Lipinski definition) is 1. The fourth-order valence-corrected chi connectivity index (χ4v) is 3.11. The second-order valence-electron chi connectivity index (χ2n) is 4.41. The molecule has 3 nitrogen and oxygen atoms in total. The molecule has 0 fully saturated rings. The highest BCUT2D eigenvalue weighted by Crippen LogP contribution is 2.08. The SMILES string of the molecule is CNC(C)CCCS(=O)(=O)Cc1ccccc1. The van der Waals surface area contributed by atoms with Crippen LogP contribution in [0.3, 0.4) is 0 Å². The van der Waals surface area contributed by atoms with E-state index in [-0.39, 0.29) is 11.5 Å². The number of rotatable bonds is 7. The van der Waals surface area contributed by atoms with Crippen molar-refractivity contribution in [3.8, 4) is 0 Å². The number of hydrogen-bond acceptors (Lipinski definition) is 3. The molecule has 0 bridgehead atoms. The van der Waals surface area contributed by atoms with Crippen LogP contribution in [0.15, 0.2) is 30.3 Å². The molecule has 1 unspecified atom stereocenters. The zero-order valence-electron chi connectivity index (χ0n) is 10.5. The third kappa shape index (κ3) is 5.84. The summed E-state index contributed by atoms with van der Waals surface area (Å²) in [5.74, 6) is 0.426. The summed E-state index contributed by atoms with van der Waals surface area (Å²) in [7, 11) is -1.07. The van der Waals surface area contributed by atoms with Crippen molar-refractivity contribution in [3.05, 3.63) is 35.9 Å². The van der Waals surface area contributed by atoms with E-state index in [1.807, 2.05) is 37.4 Å². The van der Waals surface area contributed by atoms with Crippen molar-refractivity contribution in [2.45, 2.75) is 31.6 Å². The maximum atomic E-state index is 11.8. The maximum absolute atomic E-state index is 11.8. The standard InChI is InChI=1S/C13H21NO2S/c1-12(14-2)7-6-10-17(15,16)11-13-8-4-3-5-9-13/h3-5,8-9,12,14H,6-7,10-11H2,1-2H3. The second-order valence-corrected chi connectivity index (χ2v) is 6.59. The van der Waals surface area contributed by atoms with Crippen LogP contribution in [0.4, 0.5) is 0 Å². The smallest absolute Gasteiger partial charge is 0.154 e. The molecule has 17 heavy (non-hydrogen) atoms. The first-order chi connectivity index (χ1) is 8.03. The monoisotopic (exact) mass is 255 g/mol. The van der Waals surface area contributed by atoms with E-state index in [2.05, 4.69) is 12.2 Å². The third-order valence-electron chi connectivity index (χ3n) is 2.81. The normalized spacial score (nSPS) is 13.5. The summed E-state index contributed by atoms with van der Waals surface area (Å²) in [4.78, 5) is 0. The van der Waals surface area contributed by atoms with Crippen LogP contribution in [0, 0.1) is 0 Å². The van der Waals surface area contributed by atoms with Gasteiger partial charge in [-0.3, -0.25) is 0 Å². The molecule has 0 saturated carbocycles. The predicted molar refractivity (Wildman–Crippen MR) is 71.7 cm³/mol. The van der Waals surface area contributed by atoms with Gasteiger partial charge < -0.3 is 5.32 Å². The van der Waals surface area contributed by atoms with Gasteiger partial charge in [-0.15, -0.1) is 0 Å². The highest BCUT2D eigenvalue weighted by molar-refractivity contribution is 7.90. The zero-order valence-corrected chi connectivity index (χ0v) is 11.3. The fraction of sp³-hybridized carbons (Fsp3) is 0.538. The Labute approximate surface area is 104 Å². The van der Waals surface area contributed by atoms with Crippen LogP contribution in [0.2, 0.25) is 0 Å². The summed E-state index contributed by atoms with van der Waals surface area (Å²) in [5.41, 5.74) is 0.870. The molecule has 0 aliphatic carbocycles. The van der Waals surface area contributed by atoms with Crippen molar-refractivity contribution in [1.82, 2.24) is 5.32 Å². The Morgan fingerprint density at radius 1 is 1.24 bits per heavy atom. The second kappa shape index (κ2) is 6.77. The van der Waals surface area contributed by atoms with Gasteiger partial charge in [0.1, 0.15) is 0 Å². The van der Waals surface area contributed by atoms with Crippen molar-refractivity contribution in [1.29, 1.82) is 0 Å². The van der Waals surface area contributed by atoms with Gasteiger partial charge in [-0.1, -0.05) is 30.3 Å². The molecular weight excluding hydrogens is 234 g/mol. The average Bonchev–Trinajstić information content (AvgIpc) is 2.29. The summed E-state index contributed by atoms with van der Waals surface area (Å²) < 4.78 is 23.7. The molecule has 0 radical (unpaired) electrons. The molecule has 0 saturated heterocycles. The fourth-order valence-electron chi connectivity index (χ4n) is 1.65. The molecule has 1 N–H and O–H groups in total. The minimum absolute atomic E-state index is 0.155. The van der Waals surface area contributed by atoms with Gasteiger partial charge in [-0.05, 0) is 32.4 Å². The molecule has 1 aromatic carbocycles. The molecule has 0 amide bonds. The Bertz CT molecular complexity index is 414. The molecule has 1 rings (SSSR count). The highest BCUT2D eigenvalue weighted by atomic mass is 32.2. The lowest BCUT2D eigenvalue weighted by Crippen LogP contribution is -2.22. The van der Waals surface area contributed by atoms with Gasteiger partial charge in [0.25, 0.3) is 0 Å². The summed E-state index contributed by atoms with van der Waals surface area (Å²) in [6.07, 6.45) is 1.61. The van der Waals surface area contributed by atoms with Crippen molar-refractivity contribution >= 4 is 9.84 Å². The van der Waals surface area contributed by atoms with Gasteiger partial charge in [0.05, 0.1) is 11.5 Å². The van der Waals surface area contributed by atoms with Gasteiger partial charge >= 0.3 is 0 Å². The minimum atomic E-state index is -2.97. The lowest BCUT2D eigenvalue weighted by Gasteiger charge is -2.09. The summed E-state index contributed by atoms with van der Waals surface area (Å²) in [6.45, 7) is 2.06. The molecule has 0 aromatic heterocycles. The van der Waals surface area contributed by atoms with Crippen molar-refractivity contribution in [2.75, 3.05) is 12.8 Å². The molecule has 0 aliphatic heterocycles. The van der Waals surface area contributed by atoms with E-state index in [0.29, 0.717) is 6.04 Å². The van der Waals surface area contributed by atoms with Gasteiger partial charge in [0.2, 0.25) is 0 Å². The number of benzene rings is 1. The summed E-state index contributed by atoms with van der Waals surface area (Å²) in [5, 5.41) is 3.11. The van der Waals surface area contributed by atoms with Gasteiger partial charge in [0, 0.05) is 6.04 Å². The molecule has 0 spiro atoms. The van der Waals surface area contributed by atoms with E-state index in [0.717, 1.165) is 18.4 Å². The van der Waals surface area contributed by atoms with Gasteiger partial charge in [-0.2, -0.15) is 0 Å². The Morgan fingerprint density at radius 3 is 2.47 bits per heavy atom. The van der Waals surface area contributed by atoms with E-state index in [9.17, 15) is 8.42 Å². The first-order valence-electron chi connectivity index (χ1n) is 5.95. The first kappa shape index (κ1) is 14.2. The molecule has 0 aliphatic rings.